The Morgan fingerprint density at radius 1 is 1.11 bits per heavy atom. The number of rotatable bonds is 5. The SMILES string of the molecule is CNC(COc1cc(F)ccc1F)c1ccccc1. The fourth-order valence-electron chi connectivity index (χ4n) is 1.79. The van der Waals surface area contributed by atoms with E-state index in [1.54, 1.807) is 7.05 Å². The maximum Gasteiger partial charge on any atom is 0.165 e. The smallest absolute Gasteiger partial charge is 0.165 e. The summed E-state index contributed by atoms with van der Waals surface area (Å²) in [6.07, 6.45) is 0. The van der Waals surface area contributed by atoms with Crippen LogP contribution in [0.4, 0.5) is 8.78 Å². The quantitative estimate of drug-likeness (QED) is 0.893. The van der Waals surface area contributed by atoms with Gasteiger partial charge in [-0.3, -0.25) is 0 Å². The summed E-state index contributed by atoms with van der Waals surface area (Å²) in [5.41, 5.74) is 1.03. The Hall–Kier alpha value is -1.94. The summed E-state index contributed by atoms with van der Waals surface area (Å²) >= 11 is 0. The molecule has 100 valence electrons. The van der Waals surface area contributed by atoms with Crippen molar-refractivity contribution >= 4 is 0 Å². The van der Waals surface area contributed by atoms with Gasteiger partial charge >= 0.3 is 0 Å². The highest BCUT2D eigenvalue weighted by Gasteiger charge is 2.11. The summed E-state index contributed by atoms with van der Waals surface area (Å²) in [4.78, 5) is 0. The van der Waals surface area contributed by atoms with Crippen LogP contribution in [0.3, 0.4) is 0 Å². The summed E-state index contributed by atoms with van der Waals surface area (Å²) in [7, 11) is 1.79. The Bertz CT molecular complexity index is 531. The van der Waals surface area contributed by atoms with Gasteiger partial charge in [0.25, 0.3) is 0 Å². The highest BCUT2D eigenvalue weighted by Crippen LogP contribution is 2.20. The Labute approximate surface area is 111 Å². The van der Waals surface area contributed by atoms with E-state index >= 15 is 0 Å². The van der Waals surface area contributed by atoms with Crippen LogP contribution >= 0.6 is 0 Å². The average molecular weight is 263 g/mol. The molecule has 0 heterocycles. The first-order valence-electron chi connectivity index (χ1n) is 6.01. The molecule has 4 heteroatoms. The van der Waals surface area contributed by atoms with Crippen LogP contribution in [0.1, 0.15) is 11.6 Å². The molecule has 1 atom stereocenters. The monoisotopic (exact) mass is 263 g/mol. The van der Waals surface area contributed by atoms with Crippen molar-refractivity contribution in [3.8, 4) is 5.75 Å². The molecule has 0 amide bonds. The predicted molar refractivity (Wildman–Crippen MR) is 70.1 cm³/mol. The van der Waals surface area contributed by atoms with Crippen LogP contribution in [0.15, 0.2) is 48.5 Å². The molecule has 0 radical (unpaired) electrons. The fourth-order valence-corrected chi connectivity index (χ4v) is 1.79. The van der Waals surface area contributed by atoms with Gasteiger partial charge in [-0.15, -0.1) is 0 Å². The molecule has 19 heavy (non-hydrogen) atoms. The third kappa shape index (κ3) is 3.51. The molecular formula is C15H15F2NO. The normalized spacial score (nSPS) is 12.2. The largest absolute Gasteiger partial charge is 0.488 e. The maximum atomic E-state index is 13.4. The molecule has 2 aromatic carbocycles. The molecule has 1 N–H and O–H groups in total. The van der Waals surface area contributed by atoms with Crippen LogP contribution in [0, 0.1) is 11.6 Å². The number of hydrogen-bond donors (Lipinski definition) is 1. The number of ether oxygens (including phenoxy) is 1. The molecule has 0 aliphatic heterocycles. The molecule has 0 spiro atoms. The molecule has 0 fully saturated rings. The number of benzene rings is 2. The van der Waals surface area contributed by atoms with Gasteiger partial charge in [0.2, 0.25) is 0 Å². The Kier molecular flexibility index (Phi) is 4.47. The zero-order valence-corrected chi connectivity index (χ0v) is 10.6. The predicted octanol–water partition coefficient (Wildman–Crippen LogP) is 3.30. The molecule has 0 aliphatic carbocycles. The molecule has 0 bridgehead atoms. The van der Waals surface area contributed by atoms with Crippen molar-refractivity contribution in [2.45, 2.75) is 6.04 Å². The minimum atomic E-state index is -0.565. The molecule has 2 rings (SSSR count). The molecule has 2 nitrogen and oxygen atoms in total. The van der Waals surface area contributed by atoms with Crippen LogP contribution in [0.25, 0.3) is 0 Å². The third-order valence-electron chi connectivity index (χ3n) is 2.85. The summed E-state index contributed by atoms with van der Waals surface area (Å²) in [6.45, 7) is 0.223. The number of likely N-dealkylation sites (N-methyl/N-ethyl adjacent to an activating group) is 1. The van der Waals surface area contributed by atoms with E-state index in [1.165, 1.54) is 0 Å². The minimum Gasteiger partial charge on any atom is -0.488 e. The van der Waals surface area contributed by atoms with E-state index in [-0.39, 0.29) is 18.4 Å². The van der Waals surface area contributed by atoms with Gasteiger partial charge in [-0.05, 0) is 24.7 Å². The number of hydrogen-bond acceptors (Lipinski definition) is 2. The van der Waals surface area contributed by atoms with Crippen LogP contribution in [0.2, 0.25) is 0 Å². The first-order chi connectivity index (χ1) is 9.20. The van der Waals surface area contributed by atoms with Crippen molar-refractivity contribution in [2.24, 2.45) is 0 Å². The van der Waals surface area contributed by atoms with Crippen molar-refractivity contribution in [2.75, 3.05) is 13.7 Å². The van der Waals surface area contributed by atoms with Gasteiger partial charge < -0.3 is 10.1 Å². The second-order valence-corrected chi connectivity index (χ2v) is 4.14. The summed E-state index contributed by atoms with van der Waals surface area (Å²) in [5.74, 6) is -1.15. The molecular weight excluding hydrogens is 248 g/mol. The highest BCUT2D eigenvalue weighted by atomic mass is 19.1. The van der Waals surface area contributed by atoms with E-state index in [1.807, 2.05) is 30.3 Å². The topological polar surface area (TPSA) is 21.3 Å². The van der Waals surface area contributed by atoms with Crippen molar-refractivity contribution in [1.29, 1.82) is 0 Å². The van der Waals surface area contributed by atoms with Crippen molar-refractivity contribution in [1.82, 2.24) is 5.32 Å². The van der Waals surface area contributed by atoms with E-state index in [9.17, 15) is 8.78 Å². The fraction of sp³-hybridized carbons (Fsp3) is 0.200. The van der Waals surface area contributed by atoms with Gasteiger partial charge in [0.1, 0.15) is 12.4 Å². The molecule has 2 aromatic rings. The van der Waals surface area contributed by atoms with Crippen LogP contribution < -0.4 is 10.1 Å². The highest BCUT2D eigenvalue weighted by molar-refractivity contribution is 5.25. The van der Waals surface area contributed by atoms with E-state index in [2.05, 4.69) is 5.32 Å². The standard InChI is InChI=1S/C15H15F2NO/c1-18-14(11-5-3-2-4-6-11)10-19-15-9-12(16)7-8-13(15)17/h2-9,14,18H,10H2,1H3. The first kappa shape index (κ1) is 13.5. The zero-order chi connectivity index (χ0) is 13.7. The van der Waals surface area contributed by atoms with E-state index in [0.29, 0.717) is 0 Å². The van der Waals surface area contributed by atoms with E-state index < -0.39 is 11.6 Å². The van der Waals surface area contributed by atoms with Gasteiger partial charge in [-0.1, -0.05) is 30.3 Å². The molecule has 1 unspecified atom stereocenters. The molecule has 0 aromatic heterocycles. The summed E-state index contributed by atoms with van der Waals surface area (Å²) in [6, 6.07) is 12.8. The van der Waals surface area contributed by atoms with Gasteiger partial charge in [0.15, 0.2) is 11.6 Å². The lowest BCUT2D eigenvalue weighted by Crippen LogP contribution is -2.23. The molecule has 0 saturated carbocycles. The second kappa shape index (κ2) is 6.29. The lowest BCUT2D eigenvalue weighted by molar-refractivity contribution is 0.260. The Balaban J connectivity index is 2.06. The van der Waals surface area contributed by atoms with Crippen molar-refractivity contribution in [3.63, 3.8) is 0 Å². The van der Waals surface area contributed by atoms with Crippen LogP contribution in [-0.4, -0.2) is 13.7 Å². The minimum absolute atomic E-state index is 0.0730. The van der Waals surface area contributed by atoms with Crippen molar-refractivity contribution < 1.29 is 13.5 Å². The number of halogens is 2. The lowest BCUT2D eigenvalue weighted by atomic mass is 10.1. The van der Waals surface area contributed by atoms with E-state index in [4.69, 9.17) is 4.74 Å². The molecule has 0 saturated heterocycles. The average Bonchev–Trinajstić information content (AvgIpc) is 2.44. The van der Waals surface area contributed by atoms with Crippen LogP contribution in [0.5, 0.6) is 5.75 Å². The van der Waals surface area contributed by atoms with Gasteiger partial charge in [-0.25, -0.2) is 8.78 Å². The lowest BCUT2D eigenvalue weighted by Gasteiger charge is -2.17. The van der Waals surface area contributed by atoms with Crippen LogP contribution in [-0.2, 0) is 0 Å². The van der Waals surface area contributed by atoms with Gasteiger partial charge in [0, 0.05) is 6.07 Å². The maximum absolute atomic E-state index is 13.4. The van der Waals surface area contributed by atoms with Gasteiger partial charge in [0.05, 0.1) is 6.04 Å². The summed E-state index contributed by atoms with van der Waals surface area (Å²) < 4.78 is 31.8. The second-order valence-electron chi connectivity index (χ2n) is 4.14. The summed E-state index contributed by atoms with van der Waals surface area (Å²) in [5, 5.41) is 3.08. The van der Waals surface area contributed by atoms with Gasteiger partial charge in [-0.2, -0.15) is 0 Å². The third-order valence-corrected chi connectivity index (χ3v) is 2.85. The van der Waals surface area contributed by atoms with E-state index in [0.717, 1.165) is 23.8 Å². The first-order valence-corrected chi connectivity index (χ1v) is 6.01. The Morgan fingerprint density at radius 2 is 1.84 bits per heavy atom. The Morgan fingerprint density at radius 3 is 2.53 bits per heavy atom. The molecule has 0 aliphatic rings. The number of nitrogens with one attached hydrogen (secondary N) is 1. The zero-order valence-electron chi connectivity index (χ0n) is 10.6. The van der Waals surface area contributed by atoms with Crippen molar-refractivity contribution in [3.05, 3.63) is 65.7 Å².